The van der Waals surface area contributed by atoms with E-state index in [1.54, 1.807) is 24.1 Å². The molecule has 0 saturated heterocycles. The Morgan fingerprint density at radius 2 is 1.87 bits per heavy atom. The van der Waals surface area contributed by atoms with E-state index in [-0.39, 0.29) is 23.2 Å². The molecular formula is C24H27F3N8O3. The average molecular weight is 533 g/mol. The van der Waals surface area contributed by atoms with Crippen LogP contribution in [0.25, 0.3) is 11.1 Å². The van der Waals surface area contributed by atoms with Gasteiger partial charge in [-0.25, -0.2) is 4.79 Å². The summed E-state index contributed by atoms with van der Waals surface area (Å²) < 4.78 is 41.6. The second-order valence-electron chi connectivity index (χ2n) is 8.13. The SMILES string of the molecule is CN(CCCNCc1ccc(-c2c[nH]c(NC(=O)Nc3ccccc3OC(F)(F)F)nc2=O)cc1)C(=N)N. The molecule has 7 N–H and O–H groups in total. The molecule has 0 bridgehead atoms. The van der Waals surface area contributed by atoms with Gasteiger partial charge in [0.25, 0.3) is 5.56 Å². The summed E-state index contributed by atoms with van der Waals surface area (Å²) in [7, 11) is 1.76. The number of ether oxygens (including phenoxy) is 1. The van der Waals surface area contributed by atoms with Crippen molar-refractivity contribution >= 4 is 23.6 Å². The minimum absolute atomic E-state index is 0.0258. The van der Waals surface area contributed by atoms with Gasteiger partial charge in [-0.15, -0.1) is 13.2 Å². The molecule has 3 rings (SSSR count). The Morgan fingerprint density at radius 1 is 1.16 bits per heavy atom. The molecule has 0 aliphatic carbocycles. The fourth-order valence-electron chi connectivity index (χ4n) is 3.31. The van der Waals surface area contributed by atoms with Gasteiger partial charge in [0.15, 0.2) is 11.7 Å². The number of alkyl halides is 3. The Bertz CT molecular complexity index is 1310. The molecule has 38 heavy (non-hydrogen) atoms. The maximum atomic E-state index is 12.6. The lowest BCUT2D eigenvalue weighted by molar-refractivity contribution is -0.274. The standard InChI is InChI=1S/C24H27F3N8O3/c1-35(21(28)29)12-4-11-30-13-15-7-9-16(10-8-15)17-14-31-22(33-20(17)36)34-23(37)32-18-5-2-3-6-19(18)38-24(25,26)27/h2-3,5-10,14,30H,4,11-13H2,1H3,(H3,28,29)(H3,31,32,33,34,36,37). The number of hydrogen-bond donors (Lipinski definition) is 6. The lowest BCUT2D eigenvalue weighted by Gasteiger charge is -2.16. The number of aromatic nitrogens is 2. The second-order valence-corrected chi connectivity index (χ2v) is 8.13. The third-order valence-corrected chi connectivity index (χ3v) is 5.24. The molecule has 0 saturated carbocycles. The molecule has 1 aromatic heterocycles. The van der Waals surface area contributed by atoms with Gasteiger partial charge in [0.05, 0.1) is 11.3 Å². The van der Waals surface area contributed by atoms with Crippen LogP contribution in [-0.4, -0.2) is 53.4 Å². The van der Waals surface area contributed by atoms with Gasteiger partial charge in [0, 0.05) is 26.3 Å². The van der Waals surface area contributed by atoms with E-state index >= 15 is 0 Å². The number of anilines is 2. The zero-order valence-electron chi connectivity index (χ0n) is 20.4. The normalized spacial score (nSPS) is 11.1. The number of nitrogens with one attached hydrogen (secondary N) is 5. The van der Waals surface area contributed by atoms with Crippen LogP contribution in [0.4, 0.5) is 29.6 Å². The minimum atomic E-state index is -4.93. The number of nitrogens with two attached hydrogens (primary N) is 1. The quantitative estimate of drug-likeness (QED) is 0.133. The van der Waals surface area contributed by atoms with Crippen molar-refractivity contribution in [2.24, 2.45) is 5.73 Å². The van der Waals surface area contributed by atoms with Crippen LogP contribution in [0.1, 0.15) is 12.0 Å². The average Bonchev–Trinajstić information content (AvgIpc) is 2.84. The molecule has 11 nitrogen and oxygen atoms in total. The van der Waals surface area contributed by atoms with E-state index in [9.17, 15) is 22.8 Å². The van der Waals surface area contributed by atoms with Crippen molar-refractivity contribution < 1.29 is 22.7 Å². The van der Waals surface area contributed by atoms with E-state index in [0.717, 1.165) is 24.6 Å². The first-order valence-corrected chi connectivity index (χ1v) is 11.4. The van der Waals surface area contributed by atoms with Crippen LogP contribution in [-0.2, 0) is 6.54 Å². The number of urea groups is 1. The van der Waals surface area contributed by atoms with Crippen LogP contribution >= 0.6 is 0 Å². The summed E-state index contributed by atoms with van der Waals surface area (Å²) in [6.07, 6.45) is -2.73. The van der Waals surface area contributed by atoms with E-state index in [1.807, 2.05) is 12.1 Å². The molecule has 0 spiro atoms. The minimum Gasteiger partial charge on any atom is -0.404 e. The number of para-hydroxylation sites is 2. The van der Waals surface area contributed by atoms with E-state index in [4.69, 9.17) is 11.1 Å². The summed E-state index contributed by atoms with van der Waals surface area (Å²) in [6, 6.07) is 11.4. The first-order chi connectivity index (χ1) is 18.0. The Morgan fingerprint density at radius 3 is 2.53 bits per heavy atom. The number of benzene rings is 2. The highest BCUT2D eigenvalue weighted by molar-refractivity contribution is 5.99. The number of aromatic amines is 1. The predicted octanol–water partition coefficient (Wildman–Crippen LogP) is 3.28. The van der Waals surface area contributed by atoms with Crippen molar-refractivity contribution in [1.82, 2.24) is 20.2 Å². The number of nitrogens with zero attached hydrogens (tertiary/aromatic N) is 2. The van der Waals surface area contributed by atoms with Crippen LogP contribution in [0.2, 0.25) is 0 Å². The Kier molecular flexibility index (Phi) is 9.27. The van der Waals surface area contributed by atoms with E-state index < -0.39 is 23.7 Å². The molecule has 0 radical (unpaired) electrons. The van der Waals surface area contributed by atoms with E-state index in [2.05, 4.69) is 30.7 Å². The number of halogens is 3. The highest BCUT2D eigenvalue weighted by atomic mass is 19.4. The number of amides is 2. The molecule has 0 aliphatic rings. The topological polar surface area (TPSA) is 161 Å². The highest BCUT2D eigenvalue weighted by Gasteiger charge is 2.32. The molecular weight excluding hydrogens is 505 g/mol. The lowest BCUT2D eigenvalue weighted by atomic mass is 10.1. The summed E-state index contributed by atoms with van der Waals surface area (Å²) in [5.74, 6) is -0.759. The first kappa shape index (κ1) is 28.0. The van der Waals surface area contributed by atoms with Gasteiger partial charge in [-0.2, -0.15) is 4.98 Å². The Hall–Kier alpha value is -4.59. The molecule has 0 atom stereocenters. The number of guanidine groups is 1. The number of rotatable bonds is 10. The number of carbonyl (C=O) groups is 1. The summed E-state index contributed by atoms with van der Waals surface area (Å²) in [4.78, 5) is 32.9. The third-order valence-electron chi connectivity index (χ3n) is 5.24. The smallest absolute Gasteiger partial charge is 0.404 e. The second kappa shape index (κ2) is 12.6. The van der Waals surface area contributed by atoms with Crippen LogP contribution in [0.5, 0.6) is 5.75 Å². The lowest BCUT2D eigenvalue weighted by Crippen LogP contribution is -2.34. The van der Waals surface area contributed by atoms with Gasteiger partial charge < -0.3 is 31.0 Å². The molecule has 3 aromatic rings. The zero-order chi connectivity index (χ0) is 27.7. The third kappa shape index (κ3) is 8.51. The van der Waals surface area contributed by atoms with E-state index in [0.29, 0.717) is 18.7 Å². The van der Waals surface area contributed by atoms with Crippen molar-refractivity contribution in [1.29, 1.82) is 5.41 Å². The summed E-state index contributed by atoms with van der Waals surface area (Å²) in [5.41, 5.74) is 6.45. The van der Waals surface area contributed by atoms with Crippen LogP contribution in [0.3, 0.4) is 0 Å². The Balaban J connectivity index is 1.55. The van der Waals surface area contributed by atoms with Crippen molar-refractivity contribution in [3.8, 4) is 16.9 Å². The van der Waals surface area contributed by atoms with Crippen LogP contribution in [0, 0.1) is 5.41 Å². The maximum Gasteiger partial charge on any atom is 0.573 e. The molecule has 2 aromatic carbocycles. The number of carbonyl (C=O) groups excluding carboxylic acids is 1. The molecule has 202 valence electrons. The summed E-state index contributed by atoms with van der Waals surface area (Å²) in [6.45, 7) is 2.03. The molecule has 2 amide bonds. The summed E-state index contributed by atoms with van der Waals surface area (Å²) in [5, 5.41) is 15.1. The van der Waals surface area contributed by atoms with Gasteiger partial charge in [0.1, 0.15) is 0 Å². The fraction of sp³-hybridized carbons (Fsp3) is 0.250. The van der Waals surface area contributed by atoms with Crippen molar-refractivity contribution in [2.75, 3.05) is 30.8 Å². The molecule has 14 heteroatoms. The zero-order valence-corrected chi connectivity index (χ0v) is 20.4. The van der Waals surface area contributed by atoms with Crippen molar-refractivity contribution in [3.05, 3.63) is 70.6 Å². The maximum absolute atomic E-state index is 12.6. The van der Waals surface area contributed by atoms with E-state index in [1.165, 1.54) is 24.4 Å². The monoisotopic (exact) mass is 532 g/mol. The number of H-pyrrole nitrogens is 1. The van der Waals surface area contributed by atoms with Crippen LogP contribution in [0.15, 0.2) is 59.5 Å². The van der Waals surface area contributed by atoms with Crippen molar-refractivity contribution in [3.63, 3.8) is 0 Å². The predicted molar refractivity (Wildman–Crippen MR) is 137 cm³/mol. The van der Waals surface area contributed by atoms with Crippen molar-refractivity contribution in [2.45, 2.75) is 19.3 Å². The molecule has 0 aliphatic heterocycles. The van der Waals surface area contributed by atoms with Gasteiger partial charge in [-0.3, -0.25) is 15.5 Å². The molecule has 1 heterocycles. The fourth-order valence-corrected chi connectivity index (χ4v) is 3.31. The largest absolute Gasteiger partial charge is 0.573 e. The van der Waals surface area contributed by atoms with Gasteiger partial charge in [0.2, 0.25) is 5.95 Å². The highest BCUT2D eigenvalue weighted by Crippen LogP contribution is 2.30. The van der Waals surface area contributed by atoms with Gasteiger partial charge in [-0.1, -0.05) is 36.4 Å². The first-order valence-electron chi connectivity index (χ1n) is 11.4. The van der Waals surface area contributed by atoms with Crippen LogP contribution < -0.4 is 32.0 Å². The van der Waals surface area contributed by atoms with Gasteiger partial charge >= 0.3 is 12.4 Å². The van der Waals surface area contributed by atoms with Gasteiger partial charge in [-0.05, 0) is 36.2 Å². The molecule has 0 unspecified atom stereocenters. The Labute approximate surface area is 215 Å². The number of hydrogen-bond acceptors (Lipinski definition) is 6. The molecule has 0 fully saturated rings. The summed E-state index contributed by atoms with van der Waals surface area (Å²) >= 11 is 0.